The van der Waals surface area contributed by atoms with Gasteiger partial charge in [0.15, 0.2) is 5.40 Å². The molecule has 1 rings (SSSR count). The van der Waals surface area contributed by atoms with Gasteiger partial charge in [-0.25, -0.2) is 0 Å². The minimum absolute atomic E-state index is 0.157. The van der Waals surface area contributed by atoms with E-state index in [2.05, 4.69) is 22.6 Å². The molecule has 1 aromatic carbocycles. The van der Waals surface area contributed by atoms with Gasteiger partial charge in [-0.05, 0) is 48.1 Å². The van der Waals surface area contributed by atoms with Gasteiger partial charge in [0.2, 0.25) is 0 Å². The lowest BCUT2D eigenvalue weighted by Crippen LogP contribution is -2.11. The van der Waals surface area contributed by atoms with Crippen LogP contribution in [0.3, 0.4) is 0 Å². The van der Waals surface area contributed by atoms with Gasteiger partial charge >= 0.3 is 15.2 Å². The van der Waals surface area contributed by atoms with Crippen molar-refractivity contribution in [2.24, 2.45) is 0 Å². The Hall–Kier alpha value is 0.250. The number of rotatable bonds is 9. The predicted molar refractivity (Wildman–Crippen MR) is 94.4 cm³/mol. The van der Waals surface area contributed by atoms with E-state index in [1.54, 1.807) is 26.0 Å². The minimum atomic E-state index is -3.75. The summed E-state index contributed by atoms with van der Waals surface area (Å²) in [6.07, 6.45) is 0. The van der Waals surface area contributed by atoms with Crippen LogP contribution in [0.15, 0.2) is 24.3 Å². The Morgan fingerprint density at radius 1 is 1.00 bits per heavy atom. The van der Waals surface area contributed by atoms with E-state index in [4.69, 9.17) is 18.1 Å². The molecule has 1 atom stereocenters. The third kappa shape index (κ3) is 4.41. The van der Waals surface area contributed by atoms with Crippen LogP contribution in [0.5, 0.6) is 0 Å². The molecule has 9 heteroatoms. The number of hydrogen-bond donors (Lipinski definition) is 0. The average molecular weight is 462 g/mol. The molecule has 6 nitrogen and oxygen atoms in total. The molecule has 126 valence electrons. The van der Waals surface area contributed by atoms with Crippen molar-refractivity contribution < 1.29 is 27.2 Å². The van der Waals surface area contributed by atoms with Crippen LogP contribution in [-0.4, -0.2) is 27.4 Å². The molecule has 0 heterocycles. The van der Waals surface area contributed by atoms with E-state index in [0.717, 1.165) is 3.57 Å². The van der Waals surface area contributed by atoms with Crippen LogP contribution in [0.4, 0.5) is 0 Å². The maximum atomic E-state index is 13.3. The summed E-state index contributed by atoms with van der Waals surface area (Å²) in [6.45, 7) is 3.71. The molecule has 0 aromatic heterocycles. The summed E-state index contributed by atoms with van der Waals surface area (Å²) in [5.74, 6) is 0. The van der Waals surface area contributed by atoms with Gasteiger partial charge in [-0.3, -0.25) is 9.13 Å². The van der Waals surface area contributed by atoms with Crippen LogP contribution in [0.1, 0.15) is 24.8 Å². The molecule has 0 fully saturated rings. The predicted octanol–water partition coefficient (Wildman–Crippen LogP) is 5.04. The Morgan fingerprint density at radius 2 is 1.50 bits per heavy atom. The second-order valence-corrected chi connectivity index (χ2v) is 10.2. The van der Waals surface area contributed by atoms with Gasteiger partial charge < -0.3 is 18.1 Å². The first-order chi connectivity index (χ1) is 10.4. The van der Waals surface area contributed by atoms with Crippen molar-refractivity contribution >= 4 is 37.8 Å². The van der Waals surface area contributed by atoms with Crippen molar-refractivity contribution in [3.05, 3.63) is 33.4 Å². The molecule has 0 saturated heterocycles. The van der Waals surface area contributed by atoms with E-state index in [-0.39, 0.29) is 13.2 Å². The van der Waals surface area contributed by atoms with Crippen molar-refractivity contribution in [2.45, 2.75) is 19.2 Å². The molecule has 0 N–H and O–H groups in total. The monoisotopic (exact) mass is 462 g/mol. The summed E-state index contributed by atoms with van der Waals surface area (Å²) >= 11 is 2.08. The fourth-order valence-corrected chi connectivity index (χ4v) is 8.31. The summed E-state index contributed by atoms with van der Waals surface area (Å²) in [5.41, 5.74) is 0.556. The van der Waals surface area contributed by atoms with Crippen molar-refractivity contribution in [3.8, 4) is 0 Å². The molecule has 0 saturated carbocycles. The van der Waals surface area contributed by atoms with E-state index >= 15 is 0 Å². The maximum absolute atomic E-state index is 13.3. The Labute approximate surface area is 145 Å². The van der Waals surface area contributed by atoms with Crippen LogP contribution in [0.2, 0.25) is 0 Å². The lowest BCUT2D eigenvalue weighted by molar-refractivity contribution is 0.209. The molecule has 1 unspecified atom stereocenters. The molecule has 0 spiro atoms. The van der Waals surface area contributed by atoms with Crippen molar-refractivity contribution in [2.75, 3.05) is 27.4 Å². The van der Waals surface area contributed by atoms with E-state index in [0.29, 0.717) is 5.56 Å². The van der Waals surface area contributed by atoms with Crippen molar-refractivity contribution in [1.29, 1.82) is 0 Å². The van der Waals surface area contributed by atoms with Gasteiger partial charge in [-0.15, -0.1) is 0 Å². The fourth-order valence-electron chi connectivity index (χ4n) is 2.01. The summed E-state index contributed by atoms with van der Waals surface area (Å²) in [7, 11) is -4.97. The first-order valence-electron chi connectivity index (χ1n) is 6.72. The third-order valence-corrected chi connectivity index (χ3v) is 9.60. The summed E-state index contributed by atoms with van der Waals surface area (Å²) in [6, 6.07) is 7.14. The zero-order chi connectivity index (χ0) is 16.8. The third-order valence-electron chi connectivity index (χ3n) is 2.91. The van der Waals surface area contributed by atoms with E-state index < -0.39 is 20.6 Å². The molecule has 0 radical (unpaired) electrons. The smallest absolute Gasteiger partial charge is 0.311 e. The van der Waals surface area contributed by atoms with Crippen LogP contribution in [-0.2, 0) is 27.2 Å². The van der Waals surface area contributed by atoms with Crippen LogP contribution < -0.4 is 0 Å². The highest BCUT2D eigenvalue weighted by Crippen LogP contribution is 2.78. The van der Waals surface area contributed by atoms with Crippen LogP contribution in [0, 0.1) is 3.57 Å². The summed E-state index contributed by atoms with van der Waals surface area (Å²) < 4.78 is 48.0. The van der Waals surface area contributed by atoms with Crippen molar-refractivity contribution in [1.82, 2.24) is 0 Å². The Balaban J connectivity index is 3.56. The lowest BCUT2D eigenvalue weighted by atomic mass is 10.2. The van der Waals surface area contributed by atoms with E-state index in [9.17, 15) is 9.13 Å². The van der Waals surface area contributed by atoms with Crippen LogP contribution in [0.25, 0.3) is 0 Å². The SMILES string of the molecule is CCOP(=O)(OCC)C(c1ccccc1I)P(=O)(OC)OC. The van der Waals surface area contributed by atoms with Gasteiger partial charge in [0.25, 0.3) is 0 Å². The van der Waals surface area contributed by atoms with E-state index in [1.807, 2.05) is 12.1 Å². The minimum Gasteiger partial charge on any atom is -0.311 e. The summed E-state index contributed by atoms with van der Waals surface area (Å²) in [4.78, 5) is 0. The van der Waals surface area contributed by atoms with Gasteiger partial charge in [-0.1, -0.05) is 18.2 Å². The Bertz CT molecular complexity index is 561. The largest absolute Gasteiger partial charge is 0.350 e. The van der Waals surface area contributed by atoms with Gasteiger partial charge in [-0.2, -0.15) is 0 Å². The quantitative estimate of drug-likeness (QED) is 0.378. The molecule has 1 aromatic rings. The van der Waals surface area contributed by atoms with Gasteiger partial charge in [0, 0.05) is 17.8 Å². The number of halogens is 1. The Kier molecular flexibility index (Phi) is 8.23. The highest BCUT2D eigenvalue weighted by molar-refractivity contribution is 14.1. The first kappa shape index (κ1) is 20.3. The number of hydrogen-bond acceptors (Lipinski definition) is 6. The first-order valence-corrected chi connectivity index (χ1v) is 11.0. The standard InChI is InChI=1S/C13H21IO6P2/c1-5-19-22(16,20-6-2)13(21(15,17-3)18-4)11-9-7-8-10-12(11)14/h7-10,13H,5-6H2,1-4H3. The topological polar surface area (TPSA) is 71.1 Å². The van der Waals surface area contributed by atoms with Gasteiger partial charge in [0.05, 0.1) is 13.2 Å². The fraction of sp³-hybridized carbons (Fsp3) is 0.538. The lowest BCUT2D eigenvalue weighted by Gasteiger charge is -2.30. The van der Waals surface area contributed by atoms with Gasteiger partial charge in [0.1, 0.15) is 0 Å². The Morgan fingerprint density at radius 3 is 1.91 bits per heavy atom. The van der Waals surface area contributed by atoms with Crippen LogP contribution >= 0.6 is 37.8 Å². The zero-order valence-electron chi connectivity index (χ0n) is 13.0. The molecular formula is C13H21IO6P2. The molecule has 0 amide bonds. The zero-order valence-corrected chi connectivity index (χ0v) is 17.0. The molecule has 0 bridgehead atoms. The summed E-state index contributed by atoms with van der Waals surface area (Å²) in [5, 5.41) is -1.14. The molecule has 0 aliphatic rings. The normalized spacial score (nSPS) is 14.0. The average Bonchev–Trinajstić information content (AvgIpc) is 2.49. The second-order valence-electron chi connectivity index (χ2n) is 4.18. The molecule has 0 aliphatic carbocycles. The second kappa shape index (κ2) is 8.92. The van der Waals surface area contributed by atoms with E-state index in [1.165, 1.54) is 14.2 Å². The highest BCUT2D eigenvalue weighted by atomic mass is 127. The molecule has 0 aliphatic heterocycles. The number of benzene rings is 1. The highest BCUT2D eigenvalue weighted by Gasteiger charge is 2.51. The molecular weight excluding hydrogens is 441 g/mol. The van der Waals surface area contributed by atoms with Crippen molar-refractivity contribution in [3.63, 3.8) is 0 Å². The molecule has 22 heavy (non-hydrogen) atoms. The maximum Gasteiger partial charge on any atom is 0.350 e.